The zero-order valence-electron chi connectivity index (χ0n) is 19.9. The Bertz CT molecular complexity index is 1240. The summed E-state index contributed by atoms with van der Waals surface area (Å²) in [4.78, 5) is 22.6. The third kappa shape index (κ3) is 5.13. The van der Waals surface area contributed by atoms with E-state index in [0.29, 0.717) is 16.6 Å². The molecule has 7 nitrogen and oxygen atoms in total. The van der Waals surface area contributed by atoms with E-state index < -0.39 is 0 Å². The van der Waals surface area contributed by atoms with E-state index in [4.69, 9.17) is 14.5 Å². The molecule has 0 atom stereocenters. The van der Waals surface area contributed by atoms with Gasteiger partial charge in [0, 0.05) is 43.4 Å². The van der Waals surface area contributed by atoms with E-state index in [-0.39, 0.29) is 5.91 Å². The molecule has 1 amide bonds. The number of morpholine rings is 1. The number of methoxy groups -OCH3 is 1. The van der Waals surface area contributed by atoms with E-state index in [1.54, 1.807) is 12.0 Å². The largest absolute Gasteiger partial charge is 0.497 e. The lowest BCUT2D eigenvalue weighted by Crippen LogP contribution is -2.36. The molecule has 0 aliphatic carbocycles. The van der Waals surface area contributed by atoms with Crippen LogP contribution >= 0.6 is 11.8 Å². The standard InChI is InChI=1S/C27H28N4O3S/c1-3-31-26(32)25(18-20-12-13-30(19-20)23-8-10-24(33-2)11-9-23)35-27(31)28-21-4-6-22(7-5-21)29-14-16-34-17-15-29/h4-13,18-19H,3,14-17H2,1-2H3/b25-18+,28-27?. The lowest BCUT2D eigenvalue weighted by atomic mass is 10.2. The Morgan fingerprint density at radius 2 is 1.74 bits per heavy atom. The highest BCUT2D eigenvalue weighted by molar-refractivity contribution is 8.18. The fourth-order valence-electron chi connectivity index (χ4n) is 4.10. The number of anilines is 1. The van der Waals surface area contributed by atoms with Gasteiger partial charge >= 0.3 is 0 Å². The van der Waals surface area contributed by atoms with Crippen LogP contribution in [0.2, 0.25) is 0 Å². The molecule has 2 saturated heterocycles. The van der Waals surface area contributed by atoms with Crippen LogP contribution in [-0.4, -0.2) is 60.5 Å². The normalized spacial score (nSPS) is 18.6. The first-order valence-corrected chi connectivity index (χ1v) is 12.5. The smallest absolute Gasteiger partial charge is 0.266 e. The van der Waals surface area contributed by atoms with E-state index in [0.717, 1.165) is 49.0 Å². The fraction of sp³-hybridized carbons (Fsp3) is 0.259. The average Bonchev–Trinajstić information content (AvgIpc) is 3.49. The van der Waals surface area contributed by atoms with Gasteiger partial charge in [-0.15, -0.1) is 0 Å². The number of thioether (sulfide) groups is 1. The fourth-order valence-corrected chi connectivity index (χ4v) is 5.17. The number of carbonyl (C=O) groups is 1. The van der Waals surface area contributed by atoms with Gasteiger partial charge in [0.2, 0.25) is 0 Å². The zero-order chi connectivity index (χ0) is 24.2. The number of nitrogens with zero attached hydrogens (tertiary/aromatic N) is 4. The number of aliphatic imine (C=N–C) groups is 1. The van der Waals surface area contributed by atoms with Crippen molar-refractivity contribution in [2.45, 2.75) is 6.92 Å². The van der Waals surface area contributed by atoms with E-state index in [9.17, 15) is 4.79 Å². The summed E-state index contributed by atoms with van der Waals surface area (Å²) >= 11 is 1.42. The summed E-state index contributed by atoms with van der Waals surface area (Å²) in [5.74, 6) is 0.803. The second kappa shape index (κ2) is 10.4. The van der Waals surface area contributed by atoms with Gasteiger partial charge in [-0.3, -0.25) is 9.69 Å². The quantitative estimate of drug-likeness (QED) is 0.460. The summed E-state index contributed by atoms with van der Waals surface area (Å²) in [6.07, 6.45) is 5.93. The van der Waals surface area contributed by atoms with Crippen molar-refractivity contribution in [3.63, 3.8) is 0 Å². The summed E-state index contributed by atoms with van der Waals surface area (Å²) in [6, 6.07) is 18.0. The topological polar surface area (TPSA) is 59.3 Å². The number of likely N-dealkylation sites (N-methyl/N-ethyl adjacent to an activating group) is 1. The van der Waals surface area contributed by atoms with Gasteiger partial charge < -0.3 is 18.9 Å². The molecule has 2 aromatic carbocycles. The monoisotopic (exact) mass is 488 g/mol. The zero-order valence-corrected chi connectivity index (χ0v) is 20.7. The van der Waals surface area contributed by atoms with E-state index in [1.807, 2.05) is 72.4 Å². The molecule has 0 unspecified atom stereocenters. The molecular weight excluding hydrogens is 460 g/mol. The first-order chi connectivity index (χ1) is 17.1. The minimum atomic E-state index is -0.0154. The van der Waals surface area contributed by atoms with Crippen molar-refractivity contribution in [2.75, 3.05) is 44.9 Å². The van der Waals surface area contributed by atoms with Crippen molar-refractivity contribution in [1.82, 2.24) is 9.47 Å². The molecule has 180 valence electrons. The van der Waals surface area contributed by atoms with Crippen LogP contribution in [0.15, 0.2) is 76.9 Å². The van der Waals surface area contributed by atoms with Gasteiger partial charge in [-0.1, -0.05) is 0 Å². The van der Waals surface area contributed by atoms with Crippen molar-refractivity contribution in [1.29, 1.82) is 0 Å². The van der Waals surface area contributed by atoms with E-state index in [2.05, 4.69) is 17.0 Å². The number of amidine groups is 1. The van der Waals surface area contributed by atoms with Crippen LogP contribution in [0.3, 0.4) is 0 Å². The summed E-state index contributed by atoms with van der Waals surface area (Å²) in [5.41, 5.74) is 3.99. The van der Waals surface area contributed by atoms with Gasteiger partial charge in [0.05, 0.1) is 30.9 Å². The van der Waals surface area contributed by atoms with Crippen LogP contribution in [-0.2, 0) is 9.53 Å². The molecule has 2 aliphatic rings. The van der Waals surface area contributed by atoms with E-state index in [1.165, 1.54) is 17.4 Å². The molecule has 2 aliphatic heterocycles. The van der Waals surface area contributed by atoms with Crippen molar-refractivity contribution >= 4 is 40.3 Å². The third-order valence-electron chi connectivity index (χ3n) is 6.04. The van der Waals surface area contributed by atoms with Crippen LogP contribution in [0.4, 0.5) is 11.4 Å². The van der Waals surface area contributed by atoms with Crippen molar-refractivity contribution in [3.8, 4) is 11.4 Å². The number of hydrogen-bond donors (Lipinski definition) is 0. The first kappa shape index (κ1) is 23.3. The lowest BCUT2D eigenvalue weighted by molar-refractivity contribution is -0.122. The molecule has 0 saturated carbocycles. The highest BCUT2D eigenvalue weighted by Gasteiger charge is 2.32. The van der Waals surface area contributed by atoms with Crippen molar-refractivity contribution in [2.24, 2.45) is 4.99 Å². The molecule has 5 rings (SSSR count). The molecule has 0 radical (unpaired) electrons. The Kier molecular flexibility index (Phi) is 6.92. The van der Waals surface area contributed by atoms with Crippen LogP contribution < -0.4 is 9.64 Å². The first-order valence-electron chi connectivity index (χ1n) is 11.7. The summed E-state index contributed by atoms with van der Waals surface area (Å²) in [7, 11) is 1.66. The minimum Gasteiger partial charge on any atom is -0.497 e. The second-order valence-electron chi connectivity index (χ2n) is 8.22. The van der Waals surface area contributed by atoms with E-state index >= 15 is 0 Å². The number of benzene rings is 2. The lowest BCUT2D eigenvalue weighted by Gasteiger charge is -2.28. The Labute approximate surface area is 209 Å². The predicted molar refractivity (Wildman–Crippen MR) is 142 cm³/mol. The molecule has 0 bridgehead atoms. The Balaban J connectivity index is 1.33. The SMILES string of the molecule is CCN1C(=O)/C(=C\c2ccn(-c3ccc(OC)cc3)c2)SC1=Nc1ccc(N2CCOCC2)cc1. The number of aromatic nitrogens is 1. The summed E-state index contributed by atoms with van der Waals surface area (Å²) < 4.78 is 12.7. The van der Waals surface area contributed by atoms with Gasteiger partial charge in [-0.05, 0) is 84.9 Å². The maximum atomic E-state index is 13.1. The van der Waals surface area contributed by atoms with Crippen LogP contribution in [0.5, 0.6) is 5.75 Å². The third-order valence-corrected chi connectivity index (χ3v) is 7.05. The van der Waals surface area contributed by atoms with Crippen LogP contribution in [0, 0.1) is 0 Å². The molecule has 1 aromatic heterocycles. The van der Waals surface area contributed by atoms with Crippen molar-refractivity contribution in [3.05, 3.63) is 77.5 Å². The van der Waals surface area contributed by atoms with Gasteiger partial charge in [0.25, 0.3) is 5.91 Å². The predicted octanol–water partition coefficient (Wildman–Crippen LogP) is 4.95. The number of hydrogen-bond acceptors (Lipinski definition) is 6. The Hall–Kier alpha value is -3.49. The molecule has 35 heavy (non-hydrogen) atoms. The van der Waals surface area contributed by atoms with Crippen molar-refractivity contribution < 1.29 is 14.3 Å². The van der Waals surface area contributed by atoms with Gasteiger partial charge in [0.15, 0.2) is 5.17 Å². The maximum Gasteiger partial charge on any atom is 0.266 e. The molecule has 3 heterocycles. The average molecular weight is 489 g/mol. The molecule has 0 spiro atoms. The molecule has 3 aromatic rings. The Morgan fingerprint density at radius 3 is 2.43 bits per heavy atom. The second-order valence-corrected chi connectivity index (χ2v) is 9.23. The summed E-state index contributed by atoms with van der Waals surface area (Å²) in [6.45, 7) is 5.85. The highest BCUT2D eigenvalue weighted by Crippen LogP contribution is 2.34. The number of ether oxygens (including phenoxy) is 2. The molecular formula is C27H28N4O3S. The number of carbonyl (C=O) groups excluding carboxylic acids is 1. The van der Waals surface area contributed by atoms with Gasteiger partial charge in [0.1, 0.15) is 5.75 Å². The Morgan fingerprint density at radius 1 is 1.03 bits per heavy atom. The molecule has 2 fully saturated rings. The van der Waals surface area contributed by atoms with Gasteiger partial charge in [-0.2, -0.15) is 0 Å². The van der Waals surface area contributed by atoms with Crippen LogP contribution in [0.1, 0.15) is 12.5 Å². The number of amides is 1. The van der Waals surface area contributed by atoms with Gasteiger partial charge in [-0.25, -0.2) is 4.99 Å². The molecule has 0 N–H and O–H groups in total. The highest BCUT2D eigenvalue weighted by atomic mass is 32.2. The molecule has 8 heteroatoms. The summed E-state index contributed by atoms with van der Waals surface area (Å²) in [5, 5.41) is 0.706. The number of rotatable bonds is 6. The maximum absolute atomic E-state index is 13.1. The minimum absolute atomic E-state index is 0.0154. The van der Waals surface area contributed by atoms with Crippen LogP contribution in [0.25, 0.3) is 11.8 Å².